The highest BCUT2D eigenvalue weighted by Crippen LogP contribution is 2.31. The largest absolute Gasteiger partial charge is 0.321 e. The zero-order valence-corrected chi connectivity index (χ0v) is 15.8. The van der Waals surface area contributed by atoms with Crippen molar-refractivity contribution in [3.05, 3.63) is 65.6 Å². The molecule has 0 amide bonds. The van der Waals surface area contributed by atoms with Gasteiger partial charge in [0.1, 0.15) is 11.0 Å². The molecule has 7 nitrogen and oxygen atoms in total. The zero-order valence-electron chi connectivity index (χ0n) is 15.0. The molecule has 0 aliphatic heterocycles. The molecule has 29 heavy (non-hydrogen) atoms. The minimum Gasteiger partial charge on any atom is -0.321 e. The minimum atomic E-state index is 0.632. The Balaban J connectivity index is 1.53. The van der Waals surface area contributed by atoms with Crippen LogP contribution in [-0.4, -0.2) is 35.1 Å². The fourth-order valence-corrected chi connectivity index (χ4v) is 4.05. The van der Waals surface area contributed by atoms with E-state index in [9.17, 15) is 0 Å². The van der Waals surface area contributed by atoms with Gasteiger partial charge in [0.15, 0.2) is 17.2 Å². The molecule has 2 N–H and O–H groups in total. The first-order chi connectivity index (χ1) is 14.4. The lowest BCUT2D eigenvalue weighted by atomic mass is 10.1. The van der Waals surface area contributed by atoms with E-state index >= 15 is 0 Å². The molecular formula is C21H13N7S. The number of H-pyrrole nitrogens is 2. The van der Waals surface area contributed by atoms with Crippen LogP contribution in [-0.2, 0) is 0 Å². The predicted octanol–water partition coefficient (Wildman–Crippen LogP) is 4.69. The second kappa shape index (κ2) is 6.32. The second-order valence-electron chi connectivity index (χ2n) is 6.53. The number of fused-ring (bicyclic) bond motifs is 2. The van der Waals surface area contributed by atoms with Crippen molar-refractivity contribution in [2.24, 2.45) is 0 Å². The number of imidazole rings is 1. The SMILES string of the molecule is c1ccc(-c2ccc3[nH]nc(-c4nc5c(-c6ccsc6)ccnc5[nH]4)c3n2)nc1. The van der Waals surface area contributed by atoms with Crippen LogP contribution in [0.25, 0.3) is 56.2 Å². The van der Waals surface area contributed by atoms with Crippen molar-refractivity contribution in [3.63, 3.8) is 0 Å². The van der Waals surface area contributed by atoms with Crippen molar-refractivity contribution in [3.8, 4) is 34.0 Å². The standard InChI is InChI=1S/C21H13N7S/c1-2-8-22-14(3-1)15-4-5-16-18(24-15)19(28-27-16)21-25-17-13(12-7-10-29-11-12)6-9-23-20(17)26-21/h1-11H,(H,27,28)(H,23,25,26). The fourth-order valence-electron chi connectivity index (χ4n) is 3.39. The van der Waals surface area contributed by atoms with Crippen LogP contribution < -0.4 is 0 Å². The van der Waals surface area contributed by atoms with Gasteiger partial charge in [-0.05, 0) is 52.7 Å². The van der Waals surface area contributed by atoms with E-state index in [2.05, 4.69) is 42.0 Å². The maximum Gasteiger partial charge on any atom is 0.162 e. The molecule has 0 fully saturated rings. The monoisotopic (exact) mass is 395 g/mol. The summed E-state index contributed by atoms with van der Waals surface area (Å²) in [5, 5.41) is 11.7. The molecule has 6 aromatic rings. The zero-order chi connectivity index (χ0) is 19.2. The summed E-state index contributed by atoms with van der Waals surface area (Å²) in [4.78, 5) is 21.7. The van der Waals surface area contributed by atoms with Crippen molar-refractivity contribution in [1.29, 1.82) is 0 Å². The number of aromatic nitrogens is 7. The molecular weight excluding hydrogens is 382 g/mol. The lowest BCUT2D eigenvalue weighted by Crippen LogP contribution is -1.88. The number of hydrogen-bond acceptors (Lipinski definition) is 6. The molecule has 0 unspecified atom stereocenters. The Morgan fingerprint density at radius 1 is 0.828 bits per heavy atom. The first-order valence-corrected chi connectivity index (χ1v) is 9.95. The maximum atomic E-state index is 4.81. The van der Waals surface area contributed by atoms with Crippen LogP contribution in [0.3, 0.4) is 0 Å². The number of aromatic amines is 2. The van der Waals surface area contributed by atoms with Crippen LogP contribution in [0.5, 0.6) is 0 Å². The summed E-state index contributed by atoms with van der Waals surface area (Å²) in [6.45, 7) is 0. The summed E-state index contributed by atoms with van der Waals surface area (Å²) in [7, 11) is 0. The summed E-state index contributed by atoms with van der Waals surface area (Å²) in [5.41, 5.74) is 7.55. The fraction of sp³-hybridized carbons (Fsp3) is 0. The summed E-state index contributed by atoms with van der Waals surface area (Å²) < 4.78 is 0. The average molecular weight is 395 g/mol. The van der Waals surface area contributed by atoms with Crippen molar-refractivity contribution >= 4 is 33.5 Å². The third-order valence-electron chi connectivity index (χ3n) is 4.78. The van der Waals surface area contributed by atoms with E-state index in [1.165, 1.54) is 0 Å². The van der Waals surface area contributed by atoms with E-state index in [-0.39, 0.29) is 0 Å². The van der Waals surface area contributed by atoms with E-state index < -0.39 is 0 Å². The summed E-state index contributed by atoms with van der Waals surface area (Å²) >= 11 is 1.66. The van der Waals surface area contributed by atoms with Crippen LogP contribution in [0, 0.1) is 0 Å². The van der Waals surface area contributed by atoms with E-state index in [4.69, 9.17) is 9.97 Å². The van der Waals surface area contributed by atoms with Gasteiger partial charge in [0.25, 0.3) is 0 Å². The van der Waals surface area contributed by atoms with Gasteiger partial charge in [-0.3, -0.25) is 10.1 Å². The Morgan fingerprint density at radius 3 is 2.69 bits per heavy atom. The van der Waals surface area contributed by atoms with Gasteiger partial charge in [-0.25, -0.2) is 15.0 Å². The molecule has 0 aromatic carbocycles. The van der Waals surface area contributed by atoms with Crippen molar-refractivity contribution < 1.29 is 0 Å². The van der Waals surface area contributed by atoms with Crippen LogP contribution in [0.15, 0.2) is 65.6 Å². The van der Waals surface area contributed by atoms with E-state index in [1.54, 1.807) is 23.7 Å². The average Bonchev–Trinajstić information content (AvgIpc) is 3.52. The van der Waals surface area contributed by atoms with E-state index in [0.29, 0.717) is 11.5 Å². The molecule has 138 valence electrons. The van der Waals surface area contributed by atoms with Crippen LogP contribution >= 0.6 is 11.3 Å². The minimum absolute atomic E-state index is 0.632. The molecule has 0 saturated carbocycles. The molecule has 0 aliphatic rings. The topological polar surface area (TPSA) is 96.0 Å². The molecule has 6 aromatic heterocycles. The van der Waals surface area contributed by atoms with Crippen LogP contribution in [0.1, 0.15) is 0 Å². The lowest BCUT2D eigenvalue weighted by molar-refractivity contribution is 1.10. The highest BCUT2D eigenvalue weighted by atomic mass is 32.1. The smallest absolute Gasteiger partial charge is 0.162 e. The maximum absolute atomic E-state index is 4.81. The van der Waals surface area contributed by atoms with Crippen LogP contribution in [0.2, 0.25) is 0 Å². The number of thiophene rings is 1. The molecule has 8 heteroatoms. The number of nitrogens with zero attached hydrogens (tertiary/aromatic N) is 5. The van der Waals surface area contributed by atoms with Gasteiger partial charge >= 0.3 is 0 Å². The summed E-state index contributed by atoms with van der Waals surface area (Å²) in [6, 6.07) is 13.7. The number of rotatable bonds is 3. The Bertz CT molecular complexity index is 1450. The second-order valence-corrected chi connectivity index (χ2v) is 7.31. The van der Waals surface area contributed by atoms with E-state index in [1.807, 2.05) is 36.4 Å². The molecule has 0 saturated heterocycles. The molecule has 0 radical (unpaired) electrons. The van der Waals surface area contributed by atoms with Gasteiger partial charge in [0.05, 0.1) is 16.9 Å². The van der Waals surface area contributed by atoms with Crippen molar-refractivity contribution in [1.82, 2.24) is 35.1 Å². The highest BCUT2D eigenvalue weighted by molar-refractivity contribution is 7.08. The lowest BCUT2D eigenvalue weighted by Gasteiger charge is -2.00. The van der Waals surface area contributed by atoms with Gasteiger partial charge in [-0.1, -0.05) is 6.07 Å². The quantitative estimate of drug-likeness (QED) is 0.453. The molecule has 0 spiro atoms. The van der Waals surface area contributed by atoms with Gasteiger partial charge in [-0.15, -0.1) is 0 Å². The normalized spacial score (nSPS) is 11.4. The molecule has 0 aliphatic carbocycles. The molecule has 0 bridgehead atoms. The number of hydrogen-bond donors (Lipinski definition) is 2. The Hall–Kier alpha value is -3.91. The first kappa shape index (κ1) is 16.1. The highest BCUT2D eigenvalue weighted by Gasteiger charge is 2.17. The van der Waals surface area contributed by atoms with Gasteiger partial charge in [0.2, 0.25) is 0 Å². The summed E-state index contributed by atoms with van der Waals surface area (Å²) in [6.07, 6.45) is 3.55. The molecule has 6 heterocycles. The third kappa shape index (κ3) is 2.61. The number of nitrogens with one attached hydrogen (secondary N) is 2. The number of pyridine rings is 3. The Kier molecular flexibility index (Phi) is 3.50. The summed E-state index contributed by atoms with van der Waals surface area (Å²) in [5.74, 6) is 0.632. The molecule has 6 rings (SSSR count). The van der Waals surface area contributed by atoms with Gasteiger partial charge in [0, 0.05) is 18.0 Å². The van der Waals surface area contributed by atoms with Crippen molar-refractivity contribution in [2.75, 3.05) is 0 Å². The Morgan fingerprint density at radius 2 is 1.83 bits per heavy atom. The first-order valence-electron chi connectivity index (χ1n) is 9.01. The van der Waals surface area contributed by atoms with Crippen molar-refractivity contribution in [2.45, 2.75) is 0 Å². The third-order valence-corrected chi connectivity index (χ3v) is 5.46. The van der Waals surface area contributed by atoms with Crippen LogP contribution in [0.4, 0.5) is 0 Å². The van der Waals surface area contributed by atoms with Gasteiger partial charge in [-0.2, -0.15) is 16.4 Å². The predicted molar refractivity (Wildman–Crippen MR) is 113 cm³/mol. The van der Waals surface area contributed by atoms with E-state index in [0.717, 1.165) is 44.7 Å². The molecule has 0 atom stereocenters. The van der Waals surface area contributed by atoms with Gasteiger partial charge < -0.3 is 4.98 Å². The Labute approximate surface area is 168 Å².